The van der Waals surface area contributed by atoms with Gasteiger partial charge >= 0.3 is 0 Å². The lowest BCUT2D eigenvalue weighted by molar-refractivity contribution is 0.0304. The Morgan fingerprint density at radius 1 is 1.54 bits per heavy atom. The summed E-state index contributed by atoms with van der Waals surface area (Å²) in [4.78, 5) is 6.37. The first-order valence-electron chi connectivity index (χ1n) is 4.47. The van der Waals surface area contributed by atoms with Crippen LogP contribution in [0.15, 0.2) is 18.3 Å². The van der Waals surface area contributed by atoms with Crippen LogP contribution in [-0.2, 0) is 0 Å². The Labute approximate surface area is 78.0 Å². The van der Waals surface area contributed by atoms with Gasteiger partial charge in [-0.15, -0.1) is 0 Å². The zero-order valence-corrected chi connectivity index (χ0v) is 7.99. The number of hydrogen-bond acceptors (Lipinski definition) is 3. The molecular formula is C10H14N2O. The summed E-state index contributed by atoms with van der Waals surface area (Å²) in [5.41, 5.74) is 0.641. The first kappa shape index (κ1) is 8.51. The smallest absolute Gasteiger partial charge is 0.131 e. The average Bonchev–Trinajstić information content (AvgIpc) is 2.01. The molecule has 3 heteroatoms. The zero-order valence-electron chi connectivity index (χ0n) is 7.99. The molecule has 1 saturated heterocycles. The molecule has 0 radical (unpaired) electrons. The van der Waals surface area contributed by atoms with Gasteiger partial charge in [-0.3, -0.25) is 0 Å². The normalized spacial score (nSPS) is 19.8. The van der Waals surface area contributed by atoms with Crippen molar-refractivity contribution in [3.05, 3.63) is 23.9 Å². The standard InChI is InChI=1S/C10H14N2O/c1-8-4-3-5-11-9(8)12-6-10(2,13)7-12/h3-5,13H,6-7H2,1-2H3. The Morgan fingerprint density at radius 2 is 2.23 bits per heavy atom. The lowest BCUT2D eigenvalue weighted by Crippen LogP contribution is -2.60. The molecule has 0 amide bonds. The monoisotopic (exact) mass is 178 g/mol. The number of anilines is 1. The fraction of sp³-hybridized carbons (Fsp3) is 0.500. The van der Waals surface area contributed by atoms with E-state index >= 15 is 0 Å². The quantitative estimate of drug-likeness (QED) is 0.696. The van der Waals surface area contributed by atoms with E-state index in [1.54, 1.807) is 6.20 Å². The highest BCUT2D eigenvalue weighted by Crippen LogP contribution is 2.27. The summed E-state index contributed by atoms with van der Waals surface area (Å²) >= 11 is 0. The van der Waals surface area contributed by atoms with Crippen LogP contribution in [0, 0.1) is 6.92 Å². The lowest BCUT2D eigenvalue weighted by Gasteiger charge is -2.45. The molecule has 0 bridgehead atoms. The van der Waals surface area contributed by atoms with Crippen LogP contribution >= 0.6 is 0 Å². The summed E-state index contributed by atoms with van der Waals surface area (Å²) in [6.45, 7) is 5.26. The second-order valence-electron chi connectivity index (χ2n) is 4.00. The Hall–Kier alpha value is -1.09. The molecule has 1 N–H and O–H groups in total. The van der Waals surface area contributed by atoms with E-state index < -0.39 is 5.60 Å². The highest BCUT2D eigenvalue weighted by molar-refractivity contribution is 5.49. The SMILES string of the molecule is Cc1cccnc1N1CC(C)(O)C1. The second-order valence-corrected chi connectivity index (χ2v) is 4.00. The molecule has 2 heterocycles. The van der Waals surface area contributed by atoms with Gasteiger partial charge in [-0.05, 0) is 25.5 Å². The highest BCUT2D eigenvalue weighted by atomic mass is 16.3. The number of β-amino-alcohol motifs (C(OH)–C–C–N with tert-alkyl or cyclic N) is 1. The van der Waals surface area contributed by atoms with Gasteiger partial charge in [0.1, 0.15) is 5.82 Å². The molecule has 70 valence electrons. The van der Waals surface area contributed by atoms with Crippen molar-refractivity contribution in [2.45, 2.75) is 19.4 Å². The molecule has 0 spiro atoms. The number of aryl methyl sites for hydroxylation is 1. The van der Waals surface area contributed by atoms with Crippen molar-refractivity contribution in [2.75, 3.05) is 18.0 Å². The fourth-order valence-corrected chi connectivity index (χ4v) is 1.73. The summed E-state index contributed by atoms with van der Waals surface area (Å²) in [6, 6.07) is 3.96. The summed E-state index contributed by atoms with van der Waals surface area (Å²) < 4.78 is 0. The number of aliphatic hydroxyl groups is 1. The highest BCUT2D eigenvalue weighted by Gasteiger charge is 2.37. The first-order valence-corrected chi connectivity index (χ1v) is 4.47. The number of aromatic nitrogens is 1. The minimum Gasteiger partial charge on any atom is -0.386 e. The molecule has 0 aliphatic carbocycles. The summed E-state index contributed by atoms with van der Waals surface area (Å²) in [6.07, 6.45) is 1.79. The third-order valence-electron chi connectivity index (χ3n) is 2.34. The van der Waals surface area contributed by atoms with Gasteiger partial charge < -0.3 is 10.0 Å². The Kier molecular flexibility index (Phi) is 1.77. The molecular weight excluding hydrogens is 164 g/mol. The summed E-state index contributed by atoms with van der Waals surface area (Å²) in [5, 5.41) is 9.57. The number of pyridine rings is 1. The minimum absolute atomic E-state index is 0.524. The predicted octanol–water partition coefficient (Wildman–Crippen LogP) is 0.961. The van der Waals surface area contributed by atoms with E-state index in [4.69, 9.17) is 0 Å². The van der Waals surface area contributed by atoms with Crippen LogP contribution in [0.5, 0.6) is 0 Å². The van der Waals surface area contributed by atoms with Crippen LogP contribution in [0.2, 0.25) is 0 Å². The van der Waals surface area contributed by atoms with Gasteiger partial charge in [-0.1, -0.05) is 6.07 Å². The Bertz CT molecular complexity index is 314. The first-order chi connectivity index (χ1) is 6.08. The van der Waals surface area contributed by atoms with Crippen LogP contribution in [-0.4, -0.2) is 28.8 Å². The third-order valence-corrected chi connectivity index (χ3v) is 2.34. The Balaban J connectivity index is 2.16. The predicted molar refractivity (Wildman–Crippen MR) is 51.8 cm³/mol. The molecule has 0 aromatic carbocycles. The van der Waals surface area contributed by atoms with Crippen molar-refractivity contribution in [1.29, 1.82) is 0 Å². The van der Waals surface area contributed by atoms with Gasteiger partial charge in [0.15, 0.2) is 0 Å². The van der Waals surface area contributed by atoms with E-state index in [9.17, 15) is 5.11 Å². The van der Waals surface area contributed by atoms with Gasteiger partial charge in [0.2, 0.25) is 0 Å². The average molecular weight is 178 g/mol. The van der Waals surface area contributed by atoms with E-state index in [0.717, 1.165) is 11.4 Å². The molecule has 1 aromatic rings. The van der Waals surface area contributed by atoms with Crippen LogP contribution in [0.25, 0.3) is 0 Å². The number of hydrogen-bond donors (Lipinski definition) is 1. The fourth-order valence-electron chi connectivity index (χ4n) is 1.73. The number of rotatable bonds is 1. The van der Waals surface area contributed by atoms with Crippen molar-refractivity contribution in [1.82, 2.24) is 4.98 Å². The topological polar surface area (TPSA) is 36.4 Å². The largest absolute Gasteiger partial charge is 0.386 e. The van der Waals surface area contributed by atoms with Crippen molar-refractivity contribution in [2.24, 2.45) is 0 Å². The molecule has 0 unspecified atom stereocenters. The molecule has 1 aliphatic rings. The van der Waals surface area contributed by atoms with Crippen molar-refractivity contribution < 1.29 is 5.11 Å². The van der Waals surface area contributed by atoms with Crippen molar-refractivity contribution in [3.8, 4) is 0 Å². The third kappa shape index (κ3) is 1.52. The summed E-state index contributed by atoms with van der Waals surface area (Å²) in [7, 11) is 0. The van der Waals surface area contributed by atoms with E-state index in [0.29, 0.717) is 13.1 Å². The van der Waals surface area contributed by atoms with Gasteiger partial charge in [0, 0.05) is 19.3 Å². The van der Waals surface area contributed by atoms with Crippen LogP contribution in [0.1, 0.15) is 12.5 Å². The Morgan fingerprint density at radius 3 is 2.77 bits per heavy atom. The maximum atomic E-state index is 9.57. The van der Waals surface area contributed by atoms with E-state index in [1.165, 1.54) is 0 Å². The lowest BCUT2D eigenvalue weighted by atomic mass is 9.96. The minimum atomic E-state index is -0.524. The molecule has 1 fully saturated rings. The molecule has 1 aliphatic heterocycles. The van der Waals surface area contributed by atoms with E-state index in [-0.39, 0.29) is 0 Å². The van der Waals surface area contributed by atoms with Gasteiger partial charge in [-0.2, -0.15) is 0 Å². The molecule has 13 heavy (non-hydrogen) atoms. The van der Waals surface area contributed by atoms with Gasteiger partial charge in [-0.25, -0.2) is 4.98 Å². The van der Waals surface area contributed by atoms with Crippen LogP contribution in [0.3, 0.4) is 0 Å². The maximum absolute atomic E-state index is 9.57. The van der Waals surface area contributed by atoms with Crippen LogP contribution in [0.4, 0.5) is 5.82 Å². The number of nitrogens with zero attached hydrogens (tertiary/aromatic N) is 2. The van der Waals surface area contributed by atoms with Crippen LogP contribution < -0.4 is 4.90 Å². The molecule has 3 nitrogen and oxygen atoms in total. The van der Waals surface area contributed by atoms with Crippen molar-refractivity contribution in [3.63, 3.8) is 0 Å². The van der Waals surface area contributed by atoms with Gasteiger partial charge in [0.05, 0.1) is 5.60 Å². The second kappa shape index (κ2) is 2.70. The van der Waals surface area contributed by atoms with E-state index in [2.05, 4.69) is 9.88 Å². The maximum Gasteiger partial charge on any atom is 0.131 e. The van der Waals surface area contributed by atoms with Gasteiger partial charge in [0.25, 0.3) is 0 Å². The molecule has 1 aromatic heterocycles. The molecule has 0 atom stereocenters. The summed E-state index contributed by atoms with van der Waals surface area (Å²) in [5.74, 6) is 0.994. The van der Waals surface area contributed by atoms with E-state index in [1.807, 2.05) is 26.0 Å². The zero-order chi connectivity index (χ0) is 9.47. The molecule has 2 rings (SSSR count). The molecule has 0 saturated carbocycles. The van der Waals surface area contributed by atoms with Crippen molar-refractivity contribution >= 4 is 5.82 Å².